The van der Waals surface area contributed by atoms with Crippen LogP contribution in [0.5, 0.6) is 0 Å². The molecular formula is C43H48ClN3O7. The van der Waals surface area contributed by atoms with Gasteiger partial charge < -0.3 is 29.7 Å². The second-order valence-electron chi connectivity index (χ2n) is 14.4. The van der Waals surface area contributed by atoms with Crippen molar-refractivity contribution in [3.05, 3.63) is 126 Å². The van der Waals surface area contributed by atoms with Crippen molar-refractivity contribution in [1.82, 2.24) is 10.2 Å². The number of amides is 3. The number of carbonyl (C=O) groups is 4. The summed E-state index contributed by atoms with van der Waals surface area (Å²) in [5.41, 5.74) is 1.39. The van der Waals surface area contributed by atoms with E-state index in [-0.39, 0.29) is 25.3 Å². The number of benzene rings is 3. The lowest BCUT2D eigenvalue weighted by Crippen LogP contribution is -2.59. The van der Waals surface area contributed by atoms with Gasteiger partial charge in [-0.3, -0.25) is 19.2 Å². The average molecular weight is 754 g/mol. The van der Waals surface area contributed by atoms with Gasteiger partial charge in [0, 0.05) is 13.0 Å². The van der Waals surface area contributed by atoms with E-state index in [0.717, 1.165) is 11.1 Å². The van der Waals surface area contributed by atoms with Crippen molar-refractivity contribution in [3.63, 3.8) is 0 Å². The highest BCUT2D eigenvalue weighted by Gasteiger charge is 2.76. The number of esters is 1. The fourth-order valence-corrected chi connectivity index (χ4v) is 8.97. The number of nitrogens with zero attached hydrogens (tertiary/aromatic N) is 2. The number of carbonyl (C=O) groups excluding carboxylic acids is 4. The SMILES string of the molecule is C=CCCC(=O)N[C@H](C)[C@@H](OC(=O)[C@@H]1[C@@H]2CC[C@]3(O2)[C@H](C(=O)N(CC=C)c2c(C)cccc2Cl)N([C@@H](CO)Cc2ccccc2)C(=O)[C@@H]13)c1ccccc1. The van der Waals surface area contributed by atoms with E-state index >= 15 is 9.59 Å². The van der Waals surface area contributed by atoms with Crippen LogP contribution in [0.25, 0.3) is 0 Å². The van der Waals surface area contributed by atoms with Gasteiger partial charge in [0.2, 0.25) is 11.8 Å². The molecular weight excluding hydrogens is 706 g/mol. The molecule has 6 rings (SSSR count). The molecule has 0 aliphatic carbocycles. The third-order valence-corrected chi connectivity index (χ3v) is 11.3. The van der Waals surface area contributed by atoms with E-state index in [0.29, 0.717) is 35.5 Å². The van der Waals surface area contributed by atoms with Gasteiger partial charge in [0.25, 0.3) is 5.91 Å². The van der Waals surface area contributed by atoms with Gasteiger partial charge >= 0.3 is 5.97 Å². The van der Waals surface area contributed by atoms with Crippen LogP contribution in [0.4, 0.5) is 5.69 Å². The molecule has 11 heteroatoms. The molecule has 0 saturated carbocycles. The number of nitrogens with one attached hydrogen (secondary N) is 1. The standard InChI is InChI=1S/C43H48ClN3O7/c1-5-7-21-34(49)45-28(4)38(30-18-12-9-13-19-30)53-42(52)35-33-22-23-43(54-33)36(35)40(50)47(31(26-48)25-29-16-10-8-11-17-29)39(43)41(51)46(24-6-2)37-27(3)15-14-20-32(37)44/h5-6,8-20,28,31,33,35-36,38-39,48H,1-2,7,21-26H2,3-4H3,(H,45,49)/t28-,31-,33+,35-,36-,38-,39+,43-/m1/s1. The van der Waals surface area contributed by atoms with Crippen molar-refractivity contribution in [2.24, 2.45) is 11.8 Å². The maximum Gasteiger partial charge on any atom is 0.313 e. The Morgan fingerprint density at radius 3 is 2.43 bits per heavy atom. The summed E-state index contributed by atoms with van der Waals surface area (Å²) in [5.74, 6) is -3.86. The van der Waals surface area contributed by atoms with Gasteiger partial charge in [0.1, 0.15) is 17.7 Å². The number of para-hydroxylation sites is 1. The van der Waals surface area contributed by atoms with Crippen LogP contribution in [0, 0.1) is 18.8 Å². The second-order valence-corrected chi connectivity index (χ2v) is 14.8. The molecule has 0 aromatic heterocycles. The van der Waals surface area contributed by atoms with Gasteiger partial charge in [-0.05, 0) is 62.3 Å². The third kappa shape index (κ3) is 7.34. The molecule has 3 aromatic rings. The number of aliphatic hydroxyl groups is 1. The second kappa shape index (κ2) is 16.7. The highest BCUT2D eigenvalue weighted by atomic mass is 35.5. The van der Waals surface area contributed by atoms with Crippen LogP contribution >= 0.6 is 11.6 Å². The number of allylic oxidation sites excluding steroid dienone is 1. The Balaban J connectivity index is 1.39. The number of anilines is 1. The van der Waals surface area contributed by atoms with Crippen molar-refractivity contribution in [2.45, 2.75) is 81.9 Å². The lowest BCUT2D eigenvalue weighted by Gasteiger charge is -2.39. The Bertz CT molecular complexity index is 1850. The Labute approximate surface area is 321 Å². The summed E-state index contributed by atoms with van der Waals surface area (Å²) in [6, 6.07) is 21.3. The first-order valence-corrected chi connectivity index (χ1v) is 18.9. The number of hydrogen-bond acceptors (Lipinski definition) is 7. The molecule has 2 N–H and O–H groups in total. The molecule has 10 nitrogen and oxygen atoms in total. The van der Waals surface area contributed by atoms with Crippen LogP contribution in [0.3, 0.4) is 0 Å². The summed E-state index contributed by atoms with van der Waals surface area (Å²) in [6.45, 7) is 10.9. The van der Waals surface area contributed by atoms with E-state index in [2.05, 4.69) is 18.5 Å². The molecule has 3 aromatic carbocycles. The van der Waals surface area contributed by atoms with Gasteiger partial charge in [0.15, 0.2) is 0 Å². The molecule has 3 aliphatic heterocycles. The topological polar surface area (TPSA) is 125 Å². The van der Waals surface area contributed by atoms with Gasteiger partial charge in [-0.15, -0.1) is 13.2 Å². The fraction of sp³-hybridized carbons (Fsp3) is 0.395. The quantitative estimate of drug-likeness (QED) is 0.138. The van der Waals surface area contributed by atoms with Crippen LogP contribution in [-0.2, 0) is 35.1 Å². The summed E-state index contributed by atoms with van der Waals surface area (Å²) in [5, 5.41) is 14.2. The van der Waals surface area contributed by atoms with Gasteiger partial charge in [-0.2, -0.15) is 0 Å². The number of likely N-dealkylation sites (tertiary alicyclic amines) is 1. The minimum Gasteiger partial charge on any atom is -0.455 e. The number of ether oxygens (including phenoxy) is 2. The number of rotatable bonds is 16. The normalized spacial score (nSPS) is 24.3. The minimum absolute atomic E-state index is 0.0925. The highest BCUT2D eigenvalue weighted by Crippen LogP contribution is 2.59. The number of halogens is 1. The van der Waals surface area contributed by atoms with Crippen LogP contribution in [0.15, 0.2) is 104 Å². The molecule has 0 unspecified atom stereocenters. The first kappa shape index (κ1) is 38.9. The van der Waals surface area contributed by atoms with Crippen molar-refractivity contribution < 1.29 is 33.8 Å². The maximum atomic E-state index is 15.2. The molecule has 2 bridgehead atoms. The third-order valence-electron chi connectivity index (χ3n) is 11.0. The molecule has 284 valence electrons. The zero-order chi connectivity index (χ0) is 38.6. The molecule has 54 heavy (non-hydrogen) atoms. The average Bonchev–Trinajstić information content (AvgIpc) is 3.82. The van der Waals surface area contributed by atoms with E-state index in [1.54, 1.807) is 31.2 Å². The van der Waals surface area contributed by atoms with Gasteiger partial charge in [-0.1, -0.05) is 96.5 Å². The first-order chi connectivity index (χ1) is 26.1. The zero-order valence-electron chi connectivity index (χ0n) is 30.7. The van der Waals surface area contributed by atoms with E-state index < -0.39 is 72.2 Å². The Morgan fingerprint density at radius 1 is 1.07 bits per heavy atom. The summed E-state index contributed by atoms with van der Waals surface area (Å²) in [6.07, 6.45) is 3.45. The summed E-state index contributed by atoms with van der Waals surface area (Å²) in [7, 11) is 0. The zero-order valence-corrected chi connectivity index (χ0v) is 31.5. The Morgan fingerprint density at radius 2 is 1.78 bits per heavy atom. The lowest BCUT2D eigenvalue weighted by molar-refractivity contribution is -0.162. The lowest BCUT2D eigenvalue weighted by atomic mass is 9.70. The van der Waals surface area contributed by atoms with E-state index in [1.165, 1.54) is 9.80 Å². The van der Waals surface area contributed by atoms with Crippen LogP contribution in [-0.4, -0.2) is 76.7 Å². The molecule has 8 atom stereocenters. The van der Waals surface area contributed by atoms with Gasteiger partial charge in [0.05, 0.1) is 47.3 Å². The number of aryl methyl sites for hydroxylation is 1. The predicted molar refractivity (Wildman–Crippen MR) is 207 cm³/mol. The van der Waals surface area contributed by atoms with Crippen molar-refractivity contribution in [2.75, 3.05) is 18.1 Å². The monoisotopic (exact) mass is 753 g/mol. The van der Waals surface area contributed by atoms with Crippen molar-refractivity contribution in [3.8, 4) is 0 Å². The number of hydrogen-bond donors (Lipinski definition) is 2. The largest absolute Gasteiger partial charge is 0.455 e. The first-order valence-electron chi connectivity index (χ1n) is 18.5. The van der Waals surface area contributed by atoms with E-state index in [4.69, 9.17) is 21.1 Å². The predicted octanol–water partition coefficient (Wildman–Crippen LogP) is 5.90. The molecule has 3 amide bonds. The Hall–Kier alpha value is -4.77. The maximum absolute atomic E-state index is 15.2. The summed E-state index contributed by atoms with van der Waals surface area (Å²) < 4.78 is 13.0. The van der Waals surface area contributed by atoms with Crippen LogP contribution < -0.4 is 10.2 Å². The minimum atomic E-state index is -1.38. The van der Waals surface area contributed by atoms with Gasteiger partial charge in [-0.25, -0.2) is 0 Å². The summed E-state index contributed by atoms with van der Waals surface area (Å²) >= 11 is 6.73. The highest BCUT2D eigenvalue weighted by molar-refractivity contribution is 6.34. The summed E-state index contributed by atoms with van der Waals surface area (Å²) in [4.78, 5) is 60.5. The number of aliphatic hydroxyl groups excluding tert-OH is 1. The van der Waals surface area contributed by atoms with Crippen molar-refractivity contribution in [1.29, 1.82) is 0 Å². The molecule has 1 spiro atoms. The molecule has 3 fully saturated rings. The molecule has 3 saturated heterocycles. The van der Waals surface area contributed by atoms with Crippen LogP contribution in [0.2, 0.25) is 5.02 Å². The van der Waals surface area contributed by atoms with Crippen molar-refractivity contribution >= 4 is 41.0 Å². The number of fused-ring (bicyclic) bond motifs is 1. The molecule has 3 heterocycles. The van der Waals surface area contributed by atoms with E-state index in [1.807, 2.05) is 73.7 Å². The smallest absolute Gasteiger partial charge is 0.313 e. The van der Waals surface area contributed by atoms with Crippen LogP contribution in [0.1, 0.15) is 55.4 Å². The molecule has 0 radical (unpaired) electrons. The fourth-order valence-electron chi connectivity index (χ4n) is 8.64. The molecule has 3 aliphatic rings. The van der Waals surface area contributed by atoms with E-state index in [9.17, 15) is 14.7 Å². The Kier molecular flexibility index (Phi) is 12.1.